The first-order valence-corrected chi connectivity index (χ1v) is 10.4. The van der Waals surface area contributed by atoms with Crippen LogP contribution in [-0.2, 0) is 13.0 Å². The highest BCUT2D eigenvalue weighted by Gasteiger charge is 2.17. The number of aliphatic imine (C=N–C) groups is 1. The van der Waals surface area contributed by atoms with Crippen LogP contribution in [0.3, 0.4) is 0 Å². The van der Waals surface area contributed by atoms with Crippen LogP contribution in [0.25, 0.3) is 0 Å². The molecule has 0 saturated carbocycles. The minimum absolute atomic E-state index is 0.0360. The molecule has 0 aliphatic carbocycles. The maximum atomic E-state index is 13.2. The molecule has 0 spiro atoms. The van der Waals surface area contributed by atoms with Crippen molar-refractivity contribution in [3.63, 3.8) is 0 Å². The van der Waals surface area contributed by atoms with Crippen molar-refractivity contribution in [2.24, 2.45) is 4.99 Å². The summed E-state index contributed by atoms with van der Waals surface area (Å²) in [6.45, 7) is 4.85. The van der Waals surface area contributed by atoms with Gasteiger partial charge in [0.15, 0.2) is 5.96 Å². The zero-order valence-electron chi connectivity index (χ0n) is 17.7. The molecule has 3 N–H and O–H groups in total. The van der Waals surface area contributed by atoms with Gasteiger partial charge in [-0.3, -0.25) is 4.99 Å². The largest absolute Gasteiger partial charge is 0.356 e. The lowest BCUT2D eigenvalue weighted by molar-refractivity contribution is 0.222. The maximum Gasteiger partial charge on any atom is 0.321 e. The molecule has 1 saturated heterocycles. The van der Waals surface area contributed by atoms with Gasteiger partial charge in [-0.15, -0.1) is 0 Å². The van der Waals surface area contributed by atoms with Crippen LogP contribution in [0.5, 0.6) is 0 Å². The average Bonchev–Trinajstić information content (AvgIpc) is 3.27. The molecular weight excluding hydrogens is 381 g/mol. The second-order valence-electron chi connectivity index (χ2n) is 7.50. The third-order valence-electron chi connectivity index (χ3n) is 5.25. The van der Waals surface area contributed by atoms with Crippen molar-refractivity contribution in [1.29, 1.82) is 0 Å². The lowest BCUT2D eigenvalue weighted by atomic mass is 10.1. The smallest absolute Gasteiger partial charge is 0.321 e. The van der Waals surface area contributed by atoms with Crippen LogP contribution in [0.2, 0.25) is 0 Å². The summed E-state index contributed by atoms with van der Waals surface area (Å²) >= 11 is 0. The normalized spacial score (nSPS) is 14.0. The van der Waals surface area contributed by atoms with E-state index in [0.29, 0.717) is 19.0 Å². The van der Waals surface area contributed by atoms with E-state index in [1.165, 1.54) is 6.07 Å². The van der Waals surface area contributed by atoms with Gasteiger partial charge in [0.25, 0.3) is 0 Å². The highest BCUT2D eigenvalue weighted by molar-refractivity contribution is 5.89. The molecule has 1 fully saturated rings. The number of likely N-dealkylation sites (tertiary alicyclic amines) is 1. The first-order chi connectivity index (χ1) is 14.5. The number of rotatable bonds is 6. The third-order valence-corrected chi connectivity index (χ3v) is 5.25. The summed E-state index contributed by atoms with van der Waals surface area (Å²) in [6, 6.07) is 12.6. The fourth-order valence-electron chi connectivity index (χ4n) is 3.54. The molecule has 3 rings (SSSR count). The molecule has 2 amide bonds. The minimum atomic E-state index is -0.208. The van der Waals surface area contributed by atoms with E-state index in [1.807, 2.05) is 42.2 Å². The van der Waals surface area contributed by atoms with Gasteiger partial charge in [0.1, 0.15) is 5.82 Å². The Balaban J connectivity index is 1.46. The fraction of sp³-hybridized carbons (Fsp3) is 0.391. The van der Waals surface area contributed by atoms with Crippen molar-refractivity contribution in [3.05, 3.63) is 65.0 Å². The Bertz CT molecular complexity index is 893. The number of nitrogens with zero attached hydrogens (tertiary/aromatic N) is 2. The van der Waals surface area contributed by atoms with Crippen LogP contribution >= 0.6 is 0 Å². The monoisotopic (exact) mass is 411 g/mol. The Morgan fingerprint density at radius 1 is 1.13 bits per heavy atom. The summed E-state index contributed by atoms with van der Waals surface area (Å²) in [6.07, 6.45) is 2.93. The van der Waals surface area contributed by atoms with Crippen molar-refractivity contribution in [1.82, 2.24) is 15.5 Å². The number of carbonyl (C=O) groups excluding carboxylic acids is 1. The number of hydrogen-bond acceptors (Lipinski definition) is 2. The van der Waals surface area contributed by atoms with E-state index in [4.69, 9.17) is 0 Å². The summed E-state index contributed by atoms with van der Waals surface area (Å²) in [4.78, 5) is 18.4. The van der Waals surface area contributed by atoms with Crippen LogP contribution in [0.15, 0.2) is 47.5 Å². The number of hydrogen-bond donors (Lipinski definition) is 3. The first-order valence-electron chi connectivity index (χ1n) is 10.4. The third kappa shape index (κ3) is 6.20. The molecule has 0 radical (unpaired) electrons. The van der Waals surface area contributed by atoms with Gasteiger partial charge in [-0.25, -0.2) is 9.18 Å². The molecule has 1 aliphatic rings. The zero-order valence-corrected chi connectivity index (χ0v) is 17.7. The van der Waals surface area contributed by atoms with Gasteiger partial charge in [0, 0.05) is 38.9 Å². The summed E-state index contributed by atoms with van der Waals surface area (Å²) in [5.41, 5.74) is 3.90. The van der Waals surface area contributed by atoms with Gasteiger partial charge in [0.2, 0.25) is 0 Å². The lowest BCUT2D eigenvalue weighted by Crippen LogP contribution is -2.38. The molecule has 1 aliphatic heterocycles. The number of halogens is 1. The SMILES string of the molecule is CN=C(NCCc1ccc(F)cc1C)NCc1cccc(NC(=O)N2CCCC2)c1. The molecule has 2 aromatic carbocycles. The van der Waals surface area contributed by atoms with E-state index in [-0.39, 0.29) is 11.8 Å². The van der Waals surface area contributed by atoms with E-state index >= 15 is 0 Å². The van der Waals surface area contributed by atoms with Crippen molar-refractivity contribution in [2.45, 2.75) is 32.7 Å². The quantitative estimate of drug-likeness (QED) is 0.502. The number of nitrogens with one attached hydrogen (secondary N) is 3. The Morgan fingerprint density at radius 3 is 2.67 bits per heavy atom. The molecule has 0 bridgehead atoms. The summed E-state index contributed by atoms with van der Waals surface area (Å²) in [7, 11) is 1.73. The molecular formula is C23H30FN5O. The van der Waals surface area contributed by atoms with Crippen LogP contribution in [0.4, 0.5) is 14.9 Å². The highest BCUT2D eigenvalue weighted by atomic mass is 19.1. The molecule has 160 valence electrons. The van der Waals surface area contributed by atoms with Gasteiger partial charge in [-0.1, -0.05) is 18.2 Å². The van der Waals surface area contributed by atoms with E-state index in [1.54, 1.807) is 13.1 Å². The van der Waals surface area contributed by atoms with E-state index in [2.05, 4.69) is 20.9 Å². The summed E-state index contributed by atoms with van der Waals surface area (Å²) < 4.78 is 13.2. The summed E-state index contributed by atoms with van der Waals surface area (Å²) in [5, 5.41) is 9.54. The molecule has 6 nitrogen and oxygen atoms in total. The zero-order chi connectivity index (χ0) is 21.3. The second-order valence-corrected chi connectivity index (χ2v) is 7.50. The maximum absolute atomic E-state index is 13.2. The number of anilines is 1. The van der Waals surface area contributed by atoms with E-state index in [0.717, 1.165) is 54.7 Å². The van der Waals surface area contributed by atoms with Crippen molar-refractivity contribution >= 4 is 17.7 Å². The standard InChI is InChI=1S/C23H30FN5O/c1-17-14-20(24)9-8-19(17)10-11-26-22(25-2)27-16-18-6-5-7-21(15-18)28-23(30)29-12-3-4-13-29/h5-9,14-15H,3-4,10-13,16H2,1-2H3,(H,28,30)(H2,25,26,27). The van der Waals surface area contributed by atoms with Crippen LogP contribution in [0.1, 0.15) is 29.5 Å². The first kappa shape index (κ1) is 21.6. The van der Waals surface area contributed by atoms with Gasteiger partial charge >= 0.3 is 6.03 Å². The number of amides is 2. The number of carbonyl (C=O) groups is 1. The van der Waals surface area contributed by atoms with Gasteiger partial charge in [-0.2, -0.15) is 0 Å². The topological polar surface area (TPSA) is 68.8 Å². The molecule has 0 unspecified atom stereocenters. The number of urea groups is 1. The number of aryl methyl sites for hydroxylation is 1. The summed E-state index contributed by atoms with van der Waals surface area (Å²) in [5.74, 6) is 0.488. The lowest BCUT2D eigenvalue weighted by Gasteiger charge is -2.17. The molecule has 30 heavy (non-hydrogen) atoms. The Hall–Kier alpha value is -3.09. The van der Waals surface area contributed by atoms with Gasteiger partial charge in [0.05, 0.1) is 0 Å². The predicted molar refractivity (Wildman–Crippen MR) is 119 cm³/mol. The fourth-order valence-corrected chi connectivity index (χ4v) is 3.54. The van der Waals surface area contributed by atoms with E-state index < -0.39 is 0 Å². The second kappa shape index (κ2) is 10.6. The number of benzene rings is 2. The van der Waals surface area contributed by atoms with Crippen molar-refractivity contribution < 1.29 is 9.18 Å². The molecule has 7 heteroatoms. The van der Waals surface area contributed by atoms with Gasteiger partial charge in [-0.05, 0) is 67.1 Å². The van der Waals surface area contributed by atoms with Crippen LogP contribution < -0.4 is 16.0 Å². The van der Waals surface area contributed by atoms with Crippen molar-refractivity contribution in [3.8, 4) is 0 Å². The Morgan fingerprint density at radius 2 is 1.93 bits per heavy atom. The highest BCUT2D eigenvalue weighted by Crippen LogP contribution is 2.14. The predicted octanol–water partition coefficient (Wildman–Crippen LogP) is 3.67. The van der Waals surface area contributed by atoms with Crippen LogP contribution in [-0.4, -0.2) is 43.6 Å². The van der Waals surface area contributed by atoms with Crippen LogP contribution in [0, 0.1) is 12.7 Å². The average molecular weight is 412 g/mol. The minimum Gasteiger partial charge on any atom is -0.356 e. The Labute approximate surface area is 177 Å². The van der Waals surface area contributed by atoms with Crippen molar-refractivity contribution in [2.75, 3.05) is 32.0 Å². The van der Waals surface area contributed by atoms with Gasteiger partial charge < -0.3 is 20.9 Å². The molecule has 2 aromatic rings. The van der Waals surface area contributed by atoms with E-state index in [9.17, 15) is 9.18 Å². The molecule has 1 heterocycles. The Kier molecular flexibility index (Phi) is 7.65. The number of guanidine groups is 1. The molecule has 0 atom stereocenters. The molecule has 0 aromatic heterocycles.